The molecule has 2 unspecified atom stereocenters. The summed E-state index contributed by atoms with van der Waals surface area (Å²) in [5.74, 6) is 0.531. The second kappa shape index (κ2) is 9.47. The van der Waals surface area contributed by atoms with Crippen LogP contribution >= 0.6 is 0 Å². The van der Waals surface area contributed by atoms with Gasteiger partial charge in [-0.3, -0.25) is 0 Å². The Labute approximate surface area is 205 Å². The van der Waals surface area contributed by atoms with Crippen molar-refractivity contribution < 1.29 is 17.2 Å². The standard InChI is InChI=1S/C19H21B3F2N8O2S/c1-11-14(9-28-35(2,33)34)31(19(20,21)22)6-5-30(11)17-7-13(26-10-27-17)15-8-25-16-4-3-12(18(23)24)29-32(15)16/h3-4,7-8,10-11,14,18,28H,5-6,9H2,1-2H3. The van der Waals surface area contributed by atoms with Crippen molar-refractivity contribution in [2.45, 2.75) is 30.7 Å². The van der Waals surface area contributed by atoms with Crippen LogP contribution in [0.4, 0.5) is 14.6 Å². The molecule has 35 heavy (non-hydrogen) atoms. The zero-order chi connectivity index (χ0) is 25.5. The van der Waals surface area contributed by atoms with Gasteiger partial charge in [-0.15, -0.1) is 0 Å². The lowest BCUT2D eigenvalue weighted by Crippen LogP contribution is -2.69. The van der Waals surface area contributed by atoms with Gasteiger partial charge in [0, 0.05) is 37.8 Å². The molecule has 10 nitrogen and oxygen atoms in total. The summed E-state index contributed by atoms with van der Waals surface area (Å²) >= 11 is 0. The topological polar surface area (TPSA) is 109 Å². The van der Waals surface area contributed by atoms with Gasteiger partial charge in [0.25, 0.3) is 6.43 Å². The normalized spacial score (nSPS) is 20.1. The first-order valence-electron chi connectivity index (χ1n) is 10.6. The van der Waals surface area contributed by atoms with E-state index in [0.717, 1.165) is 6.26 Å². The molecular formula is C19H21B3F2N8O2S. The van der Waals surface area contributed by atoms with E-state index in [0.29, 0.717) is 35.9 Å². The Morgan fingerprint density at radius 3 is 2.60 bits per heavy atom. The molecule has 0 aliphatic carbocycles. The van der Waals surface area contributed by atoms with Crippen LogP contribution in [0.2, 0.25) is 0 Å². The molecule has 1 fully saturated rings. The SMILES string of the molecule is [B]C([B])([B])N1CCN(c2cc(-c3cnc4ccc(C(F)F)nn34)ncn2)C(C)C1CNS(C)(=O)=O. The fourth-order valence-corrected chi connectivity index (χ4v) is 4.67. The maximum atomic E-state index is 13.2. The Morgan fingerprint density at radius 1 is 1.20 bits per heavy atom. The number of piperazine rings is 1. The number of sulfonamides is 1. The van der Waals surface area contributed by atoms with Crippen LogP contribution in [0, 0.1) is 0 Å². The third-order valence-corrected chi connectivity index (χ3v) is 6.59. The summed E-state index contributed by atoms with van der Waals surface area (Å²) in [6.45, 7) is 2.66. The average molecular weight is 496 g/mol. The molecule has 1 aliphatic heterocycles. The zero-order valence-corrected chi connectivity index (χ0v) is 19.9. The average Bonchev–Trinajstić information content (AvgIpc) is 3.20. The first-order valence-corrected chi connectivity index (χ1v) is 12.5. The van der Waals surface area contributed by atoms with E-state index in [1.165, 1.54) is 29.2 Å². The van der Waals surface area contributed by atoms with Crippen molar-refractivity contribution in [3.63, 3.8) is 0 Å². The highest BCUT2D eigenvalue weighted by atomic mass is 32.2. The summed E-state index contributed by atoms with van der Waals surface area (Å²) in [5.41, 5.74) is 0.847. The van der Waals surface area contributed by atoms with Crippen LogP contribution in [0.1, 0.15) is 19.0 Å². The van der Waals surface area contributed by atoms with E-state index in [2.05, 4.69) is 24.8 Å². The van der Waals surface area contributed by atoms with Crippen molar-refractivity contribution >= 4 is 45.0 Å². The summed E-state index contributed by atoms with van der Waals surface area (Å²) in [7, 11) is 14.4. The van der Waals surface area contributed by atoms with Gasteiger partial charge in [-0.05, 0) is 19.1 Å². The largest absolute Gasteiger partial charge is 0.351 e. The molecule has 3 aromatic rings. The first-order chi connectivity index (χ1) is 16.3. The van der Waals surface area contributed by atoms with E-state index < -0.39 is 27.7 Å². The lowest BCUT2D eigenvalue weighted by Gasteiger charge is -2.53. The number of aromatic nitrogens is 5. The van der Waals surface area contributed by atoms with Crippen LogP contribution in [-0.4, -0.2) is 105 Å². The van der Waals surface area contributed by atoms with Gasteiger partial charge in [-0.2, -0.15) is 5.10 Å². The number of nitrogens with one attached hydrogen (secondary N) is 1. The summed E-state index contributed by atoms with van der Waals surface area (Å²) in [5, 5.41) is 2.32. The predicted octanol–water partition coefficient (Wildman–Crippen LogP) is -0.331. The van der Waals surface area contributed by atoms with Crippen molar-refractivity contribution in [2.24, 2.45) is 0 Å². The van der Waals surface area contributed by atoms with Gasteiger partial charge in [0.1, 0.15) is 23.5 Å². The Kier molecular flexibility index (Phi) is 6.90. The Balaban J connectivity index is 1.67. The van der Waals surface area contributed by atoms with Gasteiger partial charge in [-0.25, -0.2) is 41.4 Å². The van der Waals surface area contributed by atoms with Crippen LogP contribution in [0.15, 0.2) is 30.7 Å². The highest BCUT2D eigenvalue weighted by Crippen LogP contribution is 2.28. The first kappa shape index (κ1) is 25.5. The molecule has 4 rings (SSSR count). The smallest absolute Gasteiger partial charge is 0.282 e. The van der Waals surface area contributed by atoms with Crippen LogP contribution < -0.4 is 9.62 Å². The summed E-state index contributed by atoms with van der Waals surface area (Å²) < 4.78 is 53.6. The molecule has 1 saturated heterocycles. The molecule has 178 valence electrons. The van der Waals surface area contributed by atoms with Crippen molar-refractivity contribution in [1.29, 1.82) is 0 Å². The Morgan fingerprint density at radius 2 is 1.94 bits per heavy atom. The molecule has 3 aromatic heterocycles. The van der Waals surface area contributed by atoms with E-state index in [1.54, 1.807) is 11.0 Å². The molecule has 4 heterocycles. The monoisotopic (exact) mass is 496 g/mol. The van der Waals surface area contributed by atoms with E-state index in [-0.39, 0.29) is 18.3 Å². The maximum absolute atomic E-state index is 13.2. The minimum Gasteiger partial charge on any atom is -0.351 e. The second-order valence-electron chi connectivity index (χ2n) is 8.44. The van der Waals surface area contributed by atoms with Crippen molar-refractivity contribution in [1.82, 2.24) is 34.2 Å². The van der Waals surface area contributed by atoms with Crippen LogP contribution in [0.5, 0.6) is 0 Å². The number of nitrogens with zero attached hydrogens (tertiary/aromatic N) is 7. The number of alkyl halides is 2. The molecule has 0 spiro atoms. The Bertz CT molecular complexity index is 1320. The molecule has 0 saturated carbocycles. The highest BCUT2D eigenvalue weighted by Gasteiger charge is 2.38. The fourth-order valence-electron chi connectivity index (χ4n) is 4.20. The molecule has 0 aromatic carbocycles. The fraction of sp³-hybridized carbons (Fsp3) is 0.474. The van der Waals surface area contributed by atoms with Gasteiger partial charge < -0.3 is 9.80 Å². The lowest BCUT2D eigenvalue weighted by atomic mass is 9.48. The quantitative estimate of drug-likeness (QED) is 0.444. The molecule has 1 N–H and O–H groups in total. The molecule has 0 bridgehead atoms. The van der Waals surface area contributed by atoms with E-state index >= 15 is 0 Å². The number of hydrogen-bond acceptors (Lipinski definition) is 8. The molecule has 16 heteroatoms. The number of hydrogen-bond donors (Lipinski definition) is 1. The number of fused-ring (bicyclic) bond motifs is 1. The van der Waals surface area contributed by atoms with E-state index in [9.17, 15) is 17.2 Å². The summed E-state index contributed by atoms with van der Waals surface area (Å²) in [6, 6.07) is 3.57. The van der Waals surface area contributed by atoms with Crippen molar-refractivity contribution in [3.8, 4) is 11.4 Å². The molecule has 1 aliphatic rings. The number of rotatable bonds is 7. The zero-order valence-electron chi connectivity index (χ0n) is 19.1. The van der Waals surface area contributed by atoms with E-state index in [4.69, 9.17) is 23.5 Å². The summed E-state index contributed by atoms with van der Waals surface area (Å²) in [4.78, 5) is 16.5. The van der Waals surface area contributed by atoms with Gasteiger partial charge in [0.05, 0.1) is 41.7 Å². The van der Waals surface area contributed by atoms with Crippen molar-refractivity contribution in [2.75, 3.05) is 30.8 Å². The van der Waals surface area contributed by atoms with Gasteiger partial charge in [0.15, 0.2) is 5.65 Å². The minimum atomic E-state index is -3.48. The second-order valence-corrected chi connectivity index (χ2v) is 10.3. The third-order valence-electron chi connectivity index (χ3n) is 5.90. The highest BCUT2D eigenvalue weighted by molar-refractivity contribution is 7.88. The number of anilines is 1. The maximum Gasteiger partial charge on any atom is 0.282 e. The molecule has 2 atom stereocenters. The van der Waals surface area contributed by atoms with Crippen molar-refractivity contribution in [3.05, 3.63) is 36.4 Å². The predicted molar refractivity (Wildman–Crippen MR) is 129 cm³/mol. The molecular weight excluding hydrogens is 475 g/mol. The van der Waals surface area contributed by atoms with Gasteiger partial charge >= 0.3 is 0 Å². The van der Waals surface area contributed by atoms with Gasteiger partial charge in [-0.1, -0.05) is 5.24 Å². The van der Waals surface area contributed by atoms with Crippen LogP contribution in [0.25, 0.3) is 17.0 Å². The Hall–Kier alpha value is -2.58. The third kappa shape index (κ3) is 5.49. The summed E-state index contributed by atoms with van der Waals surface area (Å²) in [6.07, 6.45) is 1.17. The number of halogens is 2. The minimum absolute atomic E-state index is 0.0232. The van der Waals surface area contributed by atoms with Crippen LogP contribution in [-0.2, 0) is 10.0 Å². The molecule has 6 radical (unpaired) electrons. The lowest BCUT2D eigenvalue weighted by molar-refractivity contribution is 0.143. The number of imidazole rings is 1. The van der Waals surface area contributed by atoms with Gasteiger partial charge in [0.2, 0.25) is 10.0 Å². The molecule has 0 amide bonds. The van der Waals surface area contributed by atoms with E-state index in [1.807, 2.05) is 11.8 Å². The van der Waals surface area contributed by atoms with Crippen LogP contribution in [0.3, 0.4) is 0 Å².